The first kappa shape index (κ1) is 13.8. The maximum Gasteiger partial charge on any atom is 0.251 e. The summed E-state index contributed by atoms with van der Waals surface area (Å²) in [7, 11) is 0. The van der Waals surface area contributed by atoms with Gasteiger partial charge >= 0.3 is 0 Å². The maximum absolute atomic E-state index is 12.0. The second-order valence-corrected chi connectivity index (χ2v) is 4.88. The van der Waals surface area contributed by atoms with Crippen LogP contribution in [0.4, 0.5) is 0 Å². The molecule has 1 amide bonds. The summed E-state index contributed by atoms with van der Waals surface area (Å²) in [6, 6.07) is 10.8. The van der Waals surface area contributed by atoms with E-state index in [1.54, 1.807) is 0 Å². The second-order valence-electron chi connectivity index (χ2n) is 4.11. The van der Waals surface area contributed by atoms with E-state index < -0.39 is 0 Å². The van der Waals surface area contributed by atoms with Gasteiger partial charge in [0.2, 0.25) is 0 Å². The van der Waals surface area contributed by atoms with E-state index in [2.05, 4.69) is 10.3 Å². The summed E-state index contributed by atoms with van der Waals surface area (Å²) in [6.45, 7) is 2.46. The average molecular weight is 295 g/mol. The Morgan fingerprint density at radius 2 is 1.84 bits per heavy atom. The predicted molar refractivity (Wildman–Crippen MR) is 76.6 cm³/mol. The van der Waals surface area contributed by atoms with Crippen LogP contribution in [-0.4, -0.2) is 10.9 Å². The molecule has 0 aliphatic carbocycles. The summed E-state index contributed by atoms with van der Waals surface area (Å²) in [5.74, 6) is -0.227. The maximum atomic E-state index is 12.0. The highest BCUT2D eigenvalue weighted by Crippen LogP contribution is 2.15. The van der Waals surface area contributed by atoms with Gasteiger partial charge in [0.25, 0.3) is 5.91 Å². The van der Waals surface area contributed by atoms with Crippen molar-refractivity contribution >= 4 is 29.1 Å². The first-order valence-electron chi connectivity index (χ1n) is 5.72. The minimum atomic E-state index is -0.227. The Kier molecular flexibility index (Phi) is 4.40. The molecule has 5 heteroatoms. The van der Waals surface area contributed by atoms with Gasteiger partial charge in [0.1, 0.15) is 10.3 Å². The van der Waals surface area contributed by atoms with Crippen LogP contribution in [0, 0.1) is 6.92 Å². The Bertz CT molecular complexity index is 594. The zero-order valence-corrected chi connectivity index (χ0v) is 11.8. The van der Waals surface area contributed by atoms with Gasteiger partial charge in [-0.1, -0.05) is 47.5 Å². The topological polar surface area (TPSA) is 42.0 Å². The average Bonchev–Trinajstić information content (AvgIpc) is 2.36. The number of halogens is 2. The fourth-order valence-corrected chi connectivity index (χ4v) is 2.14. The van der Waals surface area contributed by atoms with Gasteiger partial charge in [-0.2, -0.15) is 0 Å². The van der Waals surface area contributed by atoms with Crippen LogP contribution in [0.3, 0.4) is 0 Å². The molecule has 0 bridgehead atoms. The number of pyridine rings is 1. The summed E-state index contributed by atoms with van der Waals surface area (Å²) in [6.07, 6.45) is 0. The normalized spacial score (nSPS) is 10.3. The molecule has 0 atom stereocenters. The van der Waals surface area contributed by atoms with Gasteiger partial charge in [0.05, 0.1) is 0 Å². The summed E-state index contributed by atoms with van der Waals surface area (Å²) in [4.78, 5) is 15.8. The molecule has 0 saturated carbocycles. The number of aromatic nitrogens is 1. The summed E-state index contributed by atoms with van der Waals surface area (Å²) in [5, 5.41) is 3.23. The van der Waals surface area contributed by atoms with Gasteiger partial charge in [-0.25, -0.2) is 4.98 Å². The number of amides is 1. The largest absolute Gasteiger partial charge is 0.348 e. The number of aryl methyl sites for hydroxylation is 1. The van der Waals surface area contributed by atoms with Crippen molar-refractivity contribution in [1.82, 2.24) is 10.3 Å². The lowest BCUT2D eigenvalue weighted by Crippen LogP contribution is -2.23. The summed E-state index contributed by atoms with van der Waals surface area (Å²) < 4.78 is 0. The number of carbonyl (C=O) groups is 1. The van der Waals surface area contributed by atoms with E-state index in [9.17, 15) is 4.79 Å². The number of carbonyl (C=O) groups excluding carboxylic acids is 1. The quantitative estimate of drug-likeness (QED) is 0.879. The molecule has 2 aromatic rings. The van der Waals surface area contributed by atoms with Crippen LogP contribution in [0.1, 0.15) is 21.5 Å². The van der Waals surface area contributed by atoms with Crippen molar-refractivity contribution in [2.24, 2.45) is 0 Å². The van der Waals surface area contributed by atoms with E-state index in [1.807, 2.05) is 31.2 Å². The lowest BCUT2D eigenvalue weighted by atomic mass is 10.1. The van der Waals surface area contributed by atoms with E-state index in [1.165, 1.54) is 12.1 Å². The SMILES string of the molecule is Cc1ccccc1CNC(=O)c1cc(Cl)nc(Cl)c1. The van der Waals surface area contributed by atoms with Gasteiger partial charge in [0.15, 0.2) is 0 Å². The summed E-state index contributed by atoms with van der Waals surface area (Å²) in [5.41, 5.74) is 2.61. The van der Waals surface area contributed by atoms with Gasteiger partial charge < -0.3 is 5.32 Å². The molecule has 0 aliphatic rings. The molecule has 19 heavy (non-hydrogen) atoms. The molecule has 0 spiro atoms. The molecular weight excluding hydrogens is 283 g/mol. The van der Waals surface area contributed by atoms with Crippen LogP contribution in [0.25, 0.3) is 0 Å². The standard InChI is InChI=1S/C14H12Cl2N2O/c1-9-4-2-3-5-10(9)8-17-14(19)11-6-12(15)18-13(16)7-11/h2-7H,8H2,1H3,(H,17,19). The Hall–Kier alpha value is -1.58. The van der Waals surface area contributed by atoms with Crippen LogP contribution in [0.5, 0.6) is 0 Å². The third kappa shape index (κ3) is 3.69. The van der Waals surface area contributed by atoms with Crippen LogP contribution >= 0.6 is 23.2 Å². The number of nitrogens with zero attached hydrogens (tertiary/aromatic N) is 1. The van der Waals surface area contributed by atoms with E-state index in [4.69, 9.17) is 23.2 Å². The first-order chi connectivity index (χ1) is 9.06. The monoisotopic (exact) mass is 294 g/mol. The zero-order valence-electron chi connectivity index (χ0n) is 10.3. The molecule has 0 saturated heterocycles. The van der Waals surface area contributed by atoms with Crippen molar-refractivity contribution in [3.05, 3.63) is 63.4 Å². The lowest BCUT2D eigenvalue weighted by Gasteiger charge is -2.08. The minimum Gasteiger partial charge on any atom is -0.348 e. The number of benzene rings is 1. The summed E-state index contributed by atoms with van der Waals surface area (Å²) >= 11 is 11.5. The molecule has 3 nitrogen and oxygen atoms in total. The Balaban J connectivity index is 2.08. The molecular formula is C14H12Cl2N2O. The smallest absolute Gasteiger partial charge is 0.251 e. The molecule has 0 radical (unpaired) electrons. The van der Waals surface area contributed by atoms with Crippen molar-refractivity contribution < 1.29 is 4.79 Å². The Labute approximate surface area is 121 Å². The number of nitrogens with one attached hydrogen (secondary N) is 1. The van der Waals surface area contributed by atoms with Crippen LogP contribution in [-0.2, 0) is 6.54 Å². The highest BCUT2D eigenvalue weighted by atomic mass is 35.5. The lowest BCUT2D eigenvalue weighted by molar-refractivity contribution is 0.0951. The van der Waals surface area contributed by atoms with Crippen LogP contribution in [0.15, 0.2) is 36.4 Å². The van der Waals surface area contributed by atoms with Crippen molar-refractivity contribution in [2.45, 2.75) is 13.5 Å². The molecule has 0 fully saturated rings. The highest BCUT2D eigenvalue weighted by molar-refractivity contribution is 6.33. The second kappa shape index (κ2) is 6.04. The molecule has 1 aromatic heterocycles. The number of hydrogen-bond acceptors (Lipinski definition) is 2. The predicted octanol–water partition coefficient (Wildman–Crippen LogP) is 3.63. The first-order valence-corrected chi connectivity index (χ1v) is 6.47. The number of rotatable bonds is 3. The van der Waals surface area contributed by atoms with Crippen LogP contribution < -0.4 is 5.32 Å². The van der Waals surface area contributed by atoms with Crippen molar-refractivity contribution in [1.29, 1.82) is 0 Å². The molecule has 1 aromatic carbocycles. The van der Waals surface area contributed by atoms with Gasteiger partial charge in [-0.05, 0) is 30.2 Å². The van der Waals surface area contributed by atoms with E-state index in [0.717, 1.165) is 11.1 Å². The Morgan fingerprint density at radius 1 is 1.21 bits per heavy atom. The fourth-order valence-electron chi connectivity index (χ4n) is 1.68. The van der Waals surface area contributed by atoms with Crippen molar-refractivity contribution in [3.8, 4) is 0 Å². The fraction of sp³-hybridized carbons (Fsp3) is 0.143. The highest BCUT2D eigenvalue weighted by Gasteiger charge is 2.08. The third-order valence-corrected chi connectivity index (χ3v) is 3.11. The number of hydrogen-bond donors (Lipinski definition) is 1. The van der Waals surface area contributed by atoms with Gasteiger partial charge in [-0.15, -0.1) is 0 Å². The molecule has 0 aliphatic heterocycles. The molecule has 1 N–H and O–H groups in total. The van der Waals surface area contributed by atoms with Crippen molar-refractivity contribution in [2.75, 3.05) is 0 Å². The Morgan fingerprint density at radius 3 is 2.47 bits per heavy atom. The minimum absolute atomic E-state index is 0.202. The molecule has 98 valence electrons. The van der Waals surface area contributed by atoms with E-state index in [0.29, 0.717) is 12.1 Å². The zero-order chi connectivity index (χ0) is 13.8. The van der Waals surface area contributed by atoms with Crippen molar-refractivity contribution in [3.63, 3.8) is 0 Å². The van der Waals surface area contributed by atoms with E-state index >= 15 is 0 Å². The van der Waals surface area contributed by atoms with E-state index in [-0.39, 0.29) is 16.2 Å². The molecule has 1 heterocycles. The van der Waals surface area contributed by atoms with Gasteiger partial charge in [-0.3, -0.25) is 4.79 Å². The third-order valence-electron chi connectivity index (χ3n) is 2.73. The van der Waals surface area contributed by atoms with Gasteiger partial charge in [0, 0.05) is 12.1 Å². The van der Waals surface area contributed by atoms with Crippen LogP contribution in [0.2, 0.25) is 10.3 Å². The molecule has 2 rings (SSSR count). The molecule has 0 unspecified atom stereocenters.